The van der Waals surface area contributed by atoms with Crippen LogP contribution in [-0.2, 0) is 9.53 Å². The predicted molar refractivity (Wildman–Crippen MR) is 112 cm³/mol. The first kappa shape index (κ1) is 22.0. The molecule has 1 atom stereocenters. The first-order valence-electron chi connectivity index (χ1n) is 9.64. The van der Waals surface area contributed by atoms with Gasteiger partial charge in [-0.05, 0) is 44.2 Å². The SMILES string of the molecule is CCOC(=O)[C@H](C)Oc1ccc2c(c1)O/C(=C\c1ccc(OC)c(OC)c1OC)C2=O. The molecule has 1 aliphatic rings. The Kier molecular flexibility index (Phi) is 6.69. The number of rotatable bonds is 8. The molecule has 0 saturated carbocycles. The van der Waals surface area contributed by atoms with E-state index in [1.807, 2.05) is 0 Å². The number of ether oxygens (including phenoxy) is 6. The first-order chi connectivity index (χ1) is 14.9. The zero-order valence-corrected chi connectivity index (χ0v) is 18.0. The number of methoxy groups -OCH3 is 3. The first-order valence-corrected chi connectivity index (χ1v) is 9.64. The smallest absolute Gasteiger partial charge is 0.347 e. The summed E-state index contributed by atoms with van der Waals surface area (Å²) in [4.78, 5) is 24.6. The van der Waals surface area contributed by atoms with Gasteiger partial charge in [-0.1, -0.05) is 0 Å². The van der Waals surface area contributed by atoms with Crippen molar-refractivity contribution < 1.29 is 38.0 Å². The number of carbonyl (C=O) groups excluding carboxylic acids is 2. The fraction of sp³-hybridized carbons (Fsp3) is 0.304. The summed E-state index contributed by atoms with van der Waals surface area (Å²) >= 11 is 0. The molecule has 1 aliphatic heterocycles. The van der Waals surface area contributed by atoms with Crippen LogP contribution < -0.4 is 23.7 Å². The molecule has 0 fully saturated rings. The second kappa shape index (κ2) is 9.42. The summed E-state index contributed by atoms with van der Waals surface area (Å²) < 4.78 is 32.4. The number of esters is 1. The number of Topliss-reactive ketones (excluding diaryl/α,β-unsaturated/α-hetero) is 1. The molecule has 0 radical (unpaired) electrons. The van der Waals surface area contributed by atoms with Gasteiger partial charge in [0.25, 0.3) is 0 Å². The lowest BCUT2D eigenvalue weighted by Gasteiger charge is -2.14. The molecule has 0 aliphatic carbocycles. The highest BCUT2D eigenvalue weighted by Gasteiger charge is 2.29. The van der Waals surface area contributed by atoms with Crippen molar-refractivity contribution in [2.45, 2.75) is 20.0 Å². The predicted octanol–water partition coefficient (Wildman–Crippen LogP) is 3.66. The van der Waals surface area contributed by atoms with E-state index in [4.69, 9.17) is 28.4 Å². The number of carbonyl (C=O) groups is 2. The summed E-state index contributed by atoms with van der Waals surface area (Å²) in [6.45, 7) is 3.58. The van der Waals surface area contributed by atoms with Crippen molar-refractivity contribution in [3.05, 3.63) is 47.2 Å². The van der Waals surface area contributed by atoms with E-state index in [9.17, 15) is 9.59 Å². The maximum Gasteiger partial charge on any atom is 0.347 e. The number of ketones is 1. The summed E-state index contributed by atoms with van der Waals surface area (Å²) in [6, 6.07) is 8.22. The maximum absolute atomic E-state index is 12.8. The Morgan fingerprint density at radius 2 is 1.81 bits per heavy atom. The summed E-state index contributed by atoms with van der Waals surface area (Å²) in [6.07, 6.45) is 0.784. The minimum Gasteiger partial charge on any atom is -0.493 e. The summed E-state index contributed by atoms with van der Waals surface area (Å²) in [5, 5.41) is 0. The molecule has 8 nitrogen and oxygen atoms in total. The van der Waals surface area contributed by atoms with Gasteiger partial charge in [-0.25, -0.2) is 4.79 Å². The van der Waals surface area contributed by atoms with Gasteiger partial charge in [0.15, 0.2) is 23.4 Å². The van der Waals surface area contributed by atoms with Crippen molar-refractivity contribution in [3.8, 4) is 28.7 Å². The molecule has 3 rings (SSSR count). The Bertz CT molecular complexity index is 1020. The Balaban J connectivity index is 1.88. The fourth-order valence-electron chi connectivity index (χ4n) is 3.13. The third-order valence-corrected chi connectivity index (χ3v) is 4.59. The van der Waals surface area contributed by atoms with Crippen molar-refractivity contribution in [3.63, 3.8) is 0 Å². The number of hydrogen-bond donors (Lipinski definition) is 0. The standard InChI is InChI=1S/C23H24O8/c1-6-29-23(25)13(2)30-15-8-9-16-18(12-15)31-19(20(16)24)11-14-7-10-17(26-3)22(28-5)21(14)27-4/h7-13H,6H2,1-5H3/b19-11-/t13-/m0/s1. The van der Waals surface area contributed by atoms with Gasteiger partial charge in [0.2, 0.25) is 11.5 Å². The van der Waals surface area contributed by atoms with Crippen LogP contribution in [0.1, 0.15) is 29.8 Å². The van der Waals surface area contributed by atoms with Crippen molar-refractivity contribution in [2.24, 2.45) is 0 Å². The number of fused-ring (bicyclic) bond motifs is 1. The van der Waals surface area contributed by atoms with Gasteiger partial charge in [0.05, 0.1) is 33.5 Å². The Labute approximate surface area is 180 Å². The Morgan fingerprint density at radius 1 is 1.06 bits per heavy atom. The van der Waals surface area contributed by atoms with Crippen LogP contribution in [0.2, 0.25) is 0 Å². The van der Waals surface area contributed by atoms with E-state index in [1.54, 1.807) is 50.3 Å². The zero-order chi connectivity index (χ0) is 22.5. The highest BCUT2D eigenvalue weighted by molar-refractivity contribution is 6.14. The fourth-order valence-corrected chi connectivity index (χ4v) is 3.13. The zero-order valence-electron chi connectivity index (χ0n) is 18.0. The van der Waals surface area contributed by atoms with Gasteiger partial charge in [0, 0.05) is 11.6 Å². The normalized spacial score (nSPS) is 14.5. The van der Waals surface area contributed by atoms with E-state index in [0.29, 0.717) is 39.9 Å². The largest absolute Gasteiger partial charge is 0.493 e. The van der Waals surface area contributed by atoms with E-state index in [2.05, 4.69) is 0 Å². The number of allylic oxidation sites excluding steroid dienone is 1. The molecule has 164 valence electrons. The molecule has 8 heteroatoms. The Hall–Kier alpha value is -3.68. The van der Waals surface area contributed by atoms with Crippen molar-refractivity contribution in [1.29, 1.82) is 0 Å². The van der Waals surface area contributed by atoms with Gasteiger partial charge in [-0.15, -0.1) is 0 Å². The monoisotopic (exact) mass is 428 g/mol. The molecular weight excluding hydrogens is 404 g/mol. The number of hydrogen-bond acceptors (Lipinski definition) is 8. The highest BCUT2D eigenvalue weighted by Crippen LogP contribution is 2.42. The van der Waals surface area contributed by atoms with Gasteiger partial charge >= 0.3 is 5.97 Å². The topological polar surface area (TPSA) is 89.5 Å². The number of benzene rings is 2. The van der Waals surface area contributed by atoms with Crippen molar-refractivity contribution >= 4 is 17.8 Å². The molecule has 0 spiro atoms. The van der Waals surface area contributed by atoms with Crippen LogP contribution in [0.3, 0.4) is 0 Å². The van der Waals surface area contributed by atoms with Crippen LogP contribution in [0.4, 0.5) is 0 Å². The second-order valence-electron chi connectivity index (χ2n) is 6.53. The van der Waals surface area contributed by atoms with E-state index < -0.39 is 12.1 Å². The lowest BCUT2D eigenvalue weighted by Crippen LogP contribution is -2.26. The average Bonchev–Trinajstić information content (AvgIpc) is 3.07. The summed E-state index contributed by atoms with van der Waals surface area (Å²) in [5.41, 5.74) is 0.977. The van der Waals surface area contributed by atoms with Crippen molar-refractivity contribution in [1.82, 2.24) is 0 Å². The van der Waals surface area contributed by atoms with Crippen LogP contribution in [0.5, 0.6) is 28.7 Å². The van der Waals surface area contributed by atoms with Crippen LogP contribution in [0.25, 0.3) is 6.08 Å². The molecule has 2 aromatic carbocycles. The Morgan fingerprint density at radius 3 is 2.45 bits per heavy atom. The van der Waals surface area contributed by atoms with E-state index in [-0.39, 0.29) is 18.1 Å². The molecule has 0 unspecified atom stereocenters. The van der Waals surface area contributed by atoms with E-state index in [0.717, 1.165) is 0 Å². The molecule has 1 heterocycles. The van der Waals surface area contributed by atoms with E-state index >= 15 is 0 Å². The molecule has 0 amide bonds. The van der Waals surface area contributed by atoms with Crippen LogP contribution in [-0.4, -0.2) is 45.8 Å². The molecule has 31 heavy (non-hydrogen) atoms. The molecule has 0 N–H and O–H groups in total. The lowest BCUT2D eigenvalue weighted by molar-refractivity contribution is -0.150. The van der Waals surface area contributed by atoms with Gasteiger partial charge in [-0.2, -0.15) is 0 Å². The van der Waals surface area contributed by atoms with Crippen LogP contribution >= 0.6 is 0 Å². The minimum absolute atomic E-state index is 0.121. The third kappa shape index (κ3) is 4.42. The minimum atomic E-state index is -0.791. The molecule has 0 bridgehead atoms. The quantitative estimate of drug-likeness (QED) is 0.465. The molecular formula is C23H24O8. The van der Waals surface area contributed by atoms with Crippen LogP contribution in [0, 0.1) is 0 Å². The maximum atomic E-state index is 12.8. The van der Waals surface area contributed by atoms with Gasteiger partial charge in [0.1, 0.15) is 11.5 Å². The van der Waals surface area contributed by atoms with Gasteiger partial charge in [-0.3, -0.25) is 4.79 Å². The summed E-state index contributed by atoms with van der Waals surface area (Å²) in [7, 11) is 4.53. The molecule has 0 saturated heterocycles. The average molecular weight is 428 g/mol. The second-order valence-corrected chi connectivity index (χ2v) is 6.53. The highest BCUT2D eigenvalue weighted by atomic mass is 16.6. The van der Waals surface area contributed by atoms with Crippen molar-refractivity contribution in [2.75, 3.05) is 27.9 Å². The van der Waals surface area contributed by atoms with Gasteiger partial charge < -0.3 is 28.4 Å². The molecule has 2 aromatic rings. The summed E-state index contributed by atoms with van der Waals surface area (Å²) in [5.74, 6) is 1.41. The molecule has 0 aromatic heterocycles. The van der Waals surface area contributed by atoms with Crippen LogP contribution in [0.15, 0.2) is 36.1 Å². The third-order valence-electron chi connectivity index (χ3n) is 4.59. The van der Waals surface area contributed by atoms with E-state index in [1.165, 1.54) is 21.3 Å². The lowest BCUT2D eigenvalue weighted by atomic mass is 10.1.